The topological polar surface area (TPSA) is 75.2 Å². The predicted octanol–water partition coefficient (Wildman–Crippen LogP) is 2.03. The van der Waals surface area contributed by atoms with Crippen molar-refractivity contribution in [1.82, 2.24) is 20.2 Å². The van der Waals surface area contributed by atoms with Gasteiger partial charge in [0.25, 0.3) is 5.91 Å². The molecule has 0 bridgehead atoms. The molecule has 0 aromatic carbocycles. The molecule has 130 valence electrons. The van der Waals surface area contributed by atoms with Crippen LogP contribution in [0, 0.1) is 11.3 Å². The molecule has 0 radical (unpaired) electrons. The molecule has 1 aromatic heterocycles. The van der Waals surface area contributed by atoms with Crippen LogP contribution >= 0.6 is 0 Å². The fourth-order valence-corrected chi connectivity index (χ4v) is 2.86. The van der Waals surface area contributed by atoms with E-state index >= 15 is 0 Å². The summed E-state index contributed by atoms with van der Waals surface area (Å²) in [6.45, 7) is 3.97. The number of hydrogen-bond acceptors (Lipinski definition) is 4. The first-order valence-corrected chi connectivity index (χ1v) is 8.89. The van der Waals surface area contributed by atoms with Gasteiger partial charge in [0, 0.05) is 25.5 Å². The van der Waals surface area contributed by atoms with E-state index in [0.29, 0.717) is 11.0 Å². The van der Waals surface area contributed by atoms with E-state index in [0.717, 1.165) is 31.8 Å². The molecule has 2 heterocycles. The van der Waals surface area contributed by atoms with Gasteiger partial charge in [0.05, 0.1) is 12.1 Å². The highest BCUT2D eigenvalue weighted by atomic mass is 16.2. The lowest BCUT2D eigenvalue weighted by Crippen LogP contribution is -2.44. The fourth-order valence-electron chi connectivity index (χ4n) is 2.86. The number of nitrogens with zero attached hydrogens (tertiary/aromatic N) is 3. The smallest absolute Gasteiger partial charge is 0.254 e. The number of aromatic nitrogens is 2. The van der Waals surface area contributed by atoms with E-state index < -0.39 is 0 Å². The molecule has 3 aliphatic rings. The molecule has 1 N–H and O–H groups in total. The lowest BCUT2D eigenvalue weighted by molar-refractivity contribution is -0.131. The third kappa shape index (κ3) is 4.76. The molecule has 2 saturated carbocycles. The second-order valence-corrected chi connectivity index (χ2v) is 7.37. The normalized spacial score (nSPS) is 20.8. The molecule has 1 saturated heterocycles. The Labute approximate surface area is 143 Å². The highest BCUT2D eigenvalue weighted by Gasteiger charge is 2.44. The fraction of sp³-hybridized carbons (Fsp3) is 0.667. The Morgan fingerprint density at radius 1 is 1.17 bits per heavy atom. The van der Waals surface area contributed by atoms with Crippen molar-refractivity contribution >= 4 is 11.8 Å². The first-order chi connectivity index (χ1) is 11.6. The van der Waals surface area contributed by atoms with Crippen molar-refractivity contribution in [3.63, 3.8) is 0 Å². The minimum atomic E-state index is -0.311. The summed E-state index contributed by atoms with van der Waals surface area (Å²) in [5.41, 5.74) is 0.928. The molecule has 4 rings (SSSR count). The maximum Gasteiger partial charge on any atom is 0.254 e. The molecule has 0 atom stereocenters. The van der Waals surface area contributed by atoms with Crippen molar-refractivity contribution in [2.75, 3.05) is 19.6 Å². The van der Waals surface area contributed by atoms with Gasteiger partial charge in [-0.05, 0) is 37.0 Å². The Morgan fingerprint density at radius 3 is 2.25 bits per heavy atom. The first-order valence-electron chi connectivity index (χ1n) is 8.89. The van der Waals surface area contributed by atoms with Crippen molar-refractivity contribution in [3.8, 4) is 0 Å². The van der Waals surface area contributed by atoms with Crippen LogP contribution in [0.4, 0.5) is 0 Å². The number of piperidine rings is 1. The molecule has 2 aliphatic carbocycles. The summed E-state index contributed by atoms with van der Waals surface area (Å²) in [5, 5.41) is 2.62. The number of carbonyl (C=O) groups is 2. The predicted molar refractivity (Wildman–Crippen MR) is 90.2 cm³/mol. The minimum Gasteiger partial charge on any atom is -0.343 e. The Kier molecular flexibility index (Phi) is 5.11. The maximum atomic E-state index is 12.0. The summed E-state index contributed by atoms with van der Waals surface area (Å²) < 4.78 is 0. The third-order valence-corrected chi connectivity index (χ3v) is 5.22. The summed E-state index contributed by atoms with van der Waals surface area (Å²) in [6, 6.07) is 0. The Hall–Kier alpha value is -1.98. The van der Waals surface area contributed by atoms with Crippen LogP contribution in [0.2, 0.25) is 0 Å². The van der Waals surface area contributed by atoms with Gasteiger partial charge in [0.15, 0.2) is 0 Å². The quantitative estimate of drug-likeness (QED) is 0.920. The van der Waals surface area contributed by atoms with Crippen molar-refractivity contribution in [2.45, 2.75) is 45.4 Å². The molecule has 1 spiro atoms. The Morgan fingerprint density at radius 2 is 1.75 bits per heavy atom. The number of rotatable bonds is 3. The van der Waals surface area contributed by atoms with Crippen LogP contribution in [0.5, 0.6) is 0 Å². The van der Waals surface area contributed by atoms with Gasteiger partial charge in [0.1, 0.15) is 6.33 Å². The SMILES string of the molecule is CC1CC1.O=C(NCC(=O)N1CCC2(CC1)CC2)c1cncnc1. The van der Waals surface area contributed by atoms with Gasteiger partial charge >= 0.3 is 0 Å². The molecule has 0 unspecified atom stereocenters. The van der Waals surface area contributed by atoms with Crippen LogP contribution in [-0.2, 0) is 4.79 Å². The van der Waals surface area contributed by atoms with Gasteiger partial charge in [-0.1, -0.05) is 19.8 Å². The molecule has 24 heavy (non-hydrogen) atoms. The summed E-state index contributed by atoms with van der Waals surface area (Å²) in [6.07, 6.45) is 12.1. The lowest BCUT2D eigenvalue weighted by Gasteiger charge is -2.32. The van der Waals surface area contributed by atoms with E-state index in [2.05, 4.69) is 22.2 Å². The Balaban J connectivity index is 0.000000370. The second kappa shape index (κ2) is 7.28. The van der Waals surface area contributed by atoms with E-state index in [-0.39, 0.29) is 18.4 Å². The van der Waals surface area contributed by atoms with Crippen molar-refractivity contribution in [2.24, 2.45) is 11.3 Å². The van der Waals surface area contributed by atoms with E-state index in [4.69, 9.17) is 0 Å². The number of nitrogens with one attached hydrogen (secondary N) is 1. The van der Waals surface area contributed by atoms with Gasteiger partial charge in [0.2, 0.25) is 5.91 Å². The van der Waals surface area contributed by atoms with E-state index in [1.807, 2.05) is 4.90 Å². The number of likely N-dealkylation sites (tertiary alicyclic amines) is 1. The van der Waals surface area contributed by atoms with Gasteiger partial charge in [-0.2, -0.15) is 0 Å². The molecular weight excluding hydrogens is 304 g/mol. The molecular formula is C18H26N4O2. The molecule has 2 amide bonds. The highest BCUT2D eigenvalue weighted by molar-refractivity contribution is 5.95. The number of carbonyl (C=O) groups excluding carboxylic acids is 2. The van der Waals surface area contributed by atoms with Crippen molar-refractivity contribution < 1.29 is 9.59 Å². The summed E-state index contributed by atoms with van der Waals surface area (Å²) in [4.78, 5) is 33.2. The Bertz CT molecular complexity index is 572. The maximum absolute atomic E-state index is 12.0. The van der Waals surface area contributed by atoms with Crippen LogP contribution in [0.1, 0.15) is 55.8 Å². The monoisotopic (exact) mass is 330 g/mol. The molecule has 6 nitrogen and oxygen atoms in total. The average Bonchev–Trinajstić information content (AvgIpc) is 3.55. The zero-order chi connectivity index (χ0) is 17.0. The van der Waals surface area contributed by atoms with E-state index in [1.165, 1.54) is 44.4 Å². The average molecular weight is 330 g/mol. The zero-order valence-corrected chi connectivity index (χ0v) is 14.3. The van der Waals surface area contributed by atoms with Gasteiger partial charge in [-0.3, -0.25) is 9.59 Å². The molecule has 3 fully saturated rings. The largest absolute Gasteiger partial charge is 0.343 e. The summed E-state index contributed by atoms with van der Waals surface area (Å²) in [7, 11) is 0. The van der Waals surface area contributed by atoms with Crippen LogP contribution in [0.15, 0.2) is 18.7 Å². The second-order valence-electron chi connectivity index (χ2n) is 7.37. The number of amides is 2. The van der Waals surface area contributed by atoms with E-state index in [1.54, 1.807) is 0 Å². The molecule has 6 heteroatoms. The molecule has 1 aliphatic heterocycles. The molecule has 1 aromatic rings. The van der Waals surface area contributed by atoms with Gasteiger partial charge in [-0.25, -0.2) is 9.97 Å². The zero-order valence-electron chi connectivity index (χ0n) is 14.3. The van der Waals surface area contributed by atoms with Gasteiger partial charge in [-0.15, -0.1) is 0 Å². The van der Waals surface area contributed by atoms with Crippen LogP contribution < -0.4 is 5.32 Å². The highest BCUT2D eigenvalue weighted by Crippen LogP contribution is 2.53. The van der Waals surface area contributed by atoms with Gasteiger partial charge < -0.3 is 10.2 Å². The van der Waals surface area contributed by atoms with E-state index in [9.17, 15) is 9.59 Å². The summed E-state index contributed by atoms with van der Waals surface area (Å²) >= 11 is 0. The van der Waals surface area contributed by atoms with Crippen LogP contribution in [0.25, 0.3) is 0 Å². The van der Waals surface area contributed by atoms with Crippen molar-refractivity contribution in [3.05, 3.63) is 24.3 Å². The van der Waals surface area contributed by atoms with Crippen molar-refractivity contribution in [1.29, 1.82) is 0 Å². The lowest BCUT2D eigenvalue weighted by atomic mass is 9.94. The third-order valence-electron chi connectivity index (χ3n) is 5.22. The van der Waals surface area contributed by atoms with Crippen LogP contribution in [0.3, 0.4) is 0 Å². The standard InChI is InChI=1S/C14H18N4O2.C4H8/c19-12(18-5-3-14(1-2-14)4-6-18)9-17-13(20)11-7-15-10-16-8-11;1-4-2-3-4/h7-8,10H,1-6,9H2,(H,17,20);4H,2-3H2,1H3. The number of hydrogen-bond donors (Lipinski definition) is 1. The summed E-state index contributed by atoms with van der Waals surface area (Å²) in [5.74, 6) is 0.764. The first kappa shape index (κ1) is 16.9. The van der Waals surface area contributed by atoms with Crippen LogP contribution in [-0.4, -0.2) is 46.3 Å². The minimum absolute atomic E-state index is 0.00861.